The van der Waals surface area contributed by atoms with Crippen LogP contribution in [-0.4, -0.2) is 69.7 Å². The lowest BCUT2D eigenvalue weighted by Gasteiger charge is -2.30. The van der Waals surface area contributed by atoms with Gasteiger partial charge < -0.3 is 20.6 Å². The minimum atomic E-state index is -1.21. The number of fused-ring (bicyclic) bond motifs is 1. The molecule has 12 heteroatoms. The number of nitrogens with zero attached hydrogens (tertiary/aromatic N) is 3. The van der Waals surface area contributed by atoms with Gasteiger partial charge in [-0.15, -0.1) is 0 Å². The van der Waals surface area contributed by atoms with Gasteiger partial charge in [0.2, 0.25) is 17.7 Å². The van der Waals surface area contributed by atoms with Gasteiger partial charge in [-0.05, 0) is 49.1 Å². The summed E-state index contributed by atoms with van der Waals surface area (Å²) >= 11 is 0. The van der Waals surface area contributed by atoms with Gasteiger partial charge in [0.25, 0.3) is 0 Å². The van der Waals surface area contributed by atoms with Crippen LogP contribution in [0.2, 0.25) is 0 Å². The number of likely N-dealkylation sites (tertiary alicyclic amines) is 1. The summed E-state index contributed by atoms with van der Waals surface area (Å²) in [6.45, 7) is 2.85. The Morgan fingerprint density at radius 2 is 1.67 bits per heavy atom. The molecule has 2 aromatic carbocycles. The van der Waals surface area contributed by atoms with E-state index in [0.717, 1.165) is 0 Å². The van der Waals surface area contributed by atoms with Gasteiger partial charge in [-0.3, -0.25) is 23.9 Å². The molecule has 4 rings (SSSR count). The molecule has 2 heterocycles. The molecule has 206 valence electrons. The molecule has 39 heavy (non-hydrogen) atoms. The van der Waals surface area contributed by atoms with Crippen LogP contribution < -0.4 is 10.6 Å². The summed E-state index contributed by atoms with van der Waals surface area (Å²) in [6.07, 6.45) is 1.18. The van der Waals surface area contributed by atoms with Crippen LogP contribution in [0.1, 0.15) is 36.9 Å². The molecule has 1 aliphatic heterocycles. The van der Waals surface area contributed by atoms with Crippen molar-refractivity contribution in [3.63, 3.8) is 0 Å². The summed E-state index contributed by atoms with van der Waals surface area (Å²) in [4.78, 5) is 48.6. The molecule has 3 amide bonds. The lowest BCUT2D eigenvalue weighted by atomic mass is 9.88. The molecule has 1 aliphatic rings. The van der Waals surface area contributed by atoms with E-state index in [-0.39, 0.29) is 23.9 Å². The number of carbonyl (C=O) groups excluding carboxylic acids is 3. The minimum absolute atomic E-state index is 0.0302. The van der Waals surface area contributed by atoms with Crippen molar-refractivity contribution in [2.45, 2.75) is 39.2 Å². The van der Waals surface area contributed by atoms with Gasteiger partial charge in [-0.1, -0.05) is 12.1 Å². The fourth-order valence-electron chi connectivity index (χ4n) is 4.91. The Balaban J connectivity index is 1.70. The lowest BCUT2D eigenvalue weighted by Crippen LogP contribution is -2.40. The van der Waals surface area contributed by atoms with Gasteiger partial charge in [-0.2, -0.15) is 5.10 Å². The van der Waals surface area contributed by atoms with Crippen LogP contribution >= 0.6 is 0 Å². The number of carbonyl (C=O) groups is 4. The van der Waals surface area contributed by atoms with E-state index < -0.39 is 42.5 Å². The third-order valence-corrected chi connectivity index (χ3v) is 6.76. The van der Waals surface area contributed by atoms with Crippen molar-refractivity contribution >= 4 is 34.6 Å². The van der Waals surface area contributed by atoms with E-state index in [2.05, 4.69) is 10.6 Å². The number of nitrogens with one attached hydrogen (secondary N) is 2. The fourth-order valence-corrected chi connectivity index (χ4v) is 4.91. The number of aryl methyl sites for hydroxylation is 1. The van der Waals surface area contributed by atoms with Crippen molar-refractivity contribution in [2.24, 2.45) is 0 Å². The Bertz CT molecular complexity index is 1420. The monoisotopic (exact) mass is 541 g/mol. The smallest absolute Gasteiger partial charge is 0.322 e. The second-order valence-corrected chi connectivity index (χ2v) is 9.57. The number of halogens is 2. The summed E-state index contributed by atoms with van der Waals surface area (Å²) in [5.74, 6) is -4.01. The highest BCUT2D eigenvalue weighted by atomic mass is 19.1. The molecule has 1 saturated heterocycles. The zero-order chi connectivity index (χ0) is 28.3. The molecular formula is C27H29F2N5O5. The molecular weight excluding hydrogens is 512 g/mol. The standard InChI is InChI=1S/C27H29F2N5O5/c1-15-10-19(28)25(20(29)11-15)18-4-3-5-21-26(18)27(17-6-8-33(9-7-17)16(2)35)32-34(21)14-23(37)30-12-22(36)31-13-24(38)39/h3-5,10-11,17H,6-9,12-14H2,1-2H3,(H,30,37)(H,31,36)(H,38,39). The lowest BCUT2D eigenvalue weighted by molar-refractivity contribution is -0.137. The summed E-state index contributed by atoms with van der Waals surface area (Å²) in [5.41, 5.74) is 1.63. The Hall–Kier alpha value is -4.35. The van der Waals surface area contributed by atoms with Crippen LogP contribution in [0.4, 0.5) is 8.78 Å². The Kier molecular flexibility index (Phi) is 8.22. The number of carboxylic acids is 1. The molecule has 1 aromatic heterocycles. The van der Waals surface area contributed by atoms with Gasteiger partial charge in [-0.25, -0.2) is 8.78 Å². The normalized spacial score (nSPS) is 13.9. The van der Waals surface area contributed by atoms with Gasteiger partial charge in [0.05, 0.1) is 23.3 Å². The van der Waals surface area contributed by atoms with E-state index in [4.69, 9.17) is 10.2 Å². The molecule has 10 nitrogen and oxygen atoms in total. The highest BCUT2D eigenvalue weighted by Gasteiger charge is 2.29. The second-order valence-electron chi connectivity index (χ2n) is 9.57. The second kappa shape index (κ2) is 11.6. The summed E-state index contributed by atoms with van der Waals surface area (Å²) in [6, 6.07) is 7.47. The number of carboxylic acid groups (broad SMARTS) is 1. The largest absolute Gasteiger partial charge is 0.480 e. The van der Waals surface area contributed by atoms with Gasteiger partial charge in [0.15, 0.2) is 0 Å². The van der Waals surface area contributed by atoms with Crippen LogP contribution in [0.25, 0.3) is 22.0 Å². The van der Waals surface area contributed by atoms with E-state index >= 15 is 8.78 Å². The molecule has 0 spiro atoms. The maximum atomic E-state index is 15.1. The van der Waals surface area contributed by atoms with Crippen molar-refractivity contribution in [3.05, 3.63) is 53.2 Å². The third kappa shape index (κ3) is 6.21. The van der Waals surface area contributed by atoms with E-state index in [1.54, 1.807) is 30.0 Å². The Morgan fingerprint density at radius 3 is 2.28 bits per heavy atom. The maximum Gasteiger partial charge on any atom is 0.322 e. The van der Waals surface area contributed by atoms with E-state index in [1.807, 2.05) is 0 Å². The van der Waals surface area contributed by atoms with Crippen molar-refractivity contribution in [3.8, 4) is 11.1 Å². The van der Waals surface area contributed by atoms with E-state index in [9.17, 15) is 19.2 Å². The molecule has 0 saturated carbocycles. The first-order valence-corrected chi connectivity index (χ1v) is 12.5. The van der Waals surface area contributed by atoms with Crippen molar-refractivity contribution in [1.29, 1.82) is 0 Å². The molecule has 0 atom stereocenters. The van der Waals surface area contributed by atoms with Crippen LogP contribution in [-0.2, 0) is 25.7 Å². The molecule has 0 bridgehead atoms. The molecule has 1 fully saturated rings. The van der Waals surface area contributed by atoms with Crippen LogP contribution in [0.3, 0.4) is 0 Å². The maximum absolute atomic E-state index is 15.1. The molecule has 0 aliphatic carbocycles. The van der Waals surface area contributed by atoms with E-state index in [1.165, 1.54) is 23.7 Å². The molecule has 0 radical (unpaired) electrons. The quantitative estimate of drug-likeness (QED) is 0.401. The van der Waals surface area contributed by atoms with Gasteiger partial charge >= 0.3 is 5.97 Å². The highest BCUT2D eigenvalue weighted by molar-refractivity contribution is 5.98. The first-order chi connectivity index (χ1) is 18.5. The number of aliphatic carboxylic acids is 1. The van der Waals surface area contributed by atoms with Crippen molar-refractivity contribution < 1.29 is 33.1 Å². The number of benzene rings is 2. The Labute approximate surface area is 223 Å². The molecule has 3 N–H and O–H groups in total. The number of rotatable bonds is 8. The third-order valence-electron chi connectivity index (χ3n) is 6.76. The zero-order valence-corrected chi connectivity index (χ0v) is 21.6. The first kappa shape index (κ1) is 27.7. The number of hydrogen-bond acceptors (Lipinski definition) is 5. The highest BCUT2D eigenvalue weighted by Crippen LogP contribution is 2.39. The summed E-state index contributed by atoms with van der Waals surface area (Å²) in [5, 5.41) is 18.5. The average Bonchev–Trinajstić information content (AvgIpc) is 3.24. The summed E-state index contributed by atoms with van der Waals surface area (Å²) < 4.78 is 31.6. The number of piperidine rings is 1. The molecule has 0 unspecified atom stereocenters. The van der Waals surface area contributed by atoms with Gasteiger partial charge in [0.1, 0.15) is 24.7 Å². The number of hydrogen-bond donors (Lipinski definition) is 3. The summed E-state index contributed by atoms with van der Waals surface area (Å²) in [7, 11) is 0. The number of aromatic nitrogens is 2. The van der Waals surface area contributed by atoms with Crippen LogP contribution in [0.5, 0.6) is 0 Å². The van der Waals surface area contributed by atoms with Crippen LogP contribution in [0.15, 0.2) is 30.3 Å². The first-order valence-electron chi connectivity index (χ1n) is 12.5. The average molecular weight is 542 g/mol. The Morgan fingerprint density at radius 1 is 1.03 bits per heavy atom. The SMILES string of the molecule is CC(=O)N1CCC(c2nn(CC(=O)NCC(=O)NCC(=O)O)c3cccc(-c4c(F)cc(C)cc4F)c23)CC1. The van der Waals surface area contributed by atoms with Crippen LogP contribution in [0, 0.1) is 18.6 Å². The van der Waals surface area contributed by atoms with Gasteiger partial charge in [0, 0.05) is 31.3 Å². The van der Waals surface area contributed by atoms with Crippen molar-refractivity contribution in [1.82, 2.24) is 25.3 Å². The number of amides is 3. The predicted octanol–water partition coefficient (Wildman–Crippen LogP) is 2.33. The predicted molar refractivity (Wildman–Crippen MR) is 138 cm³/mol. The zero-order valence-electron chi connectivity index (χ0n) is 21.6. The van der Waals surface area contributed by atoms with Crippen molar-refractivity contribution in [2.75, 3.05) is 26.2 Å². The fraction of sp³-hybridized carbons (Fsp3) is 0.370. The molecule has 3 aromatic rings. The topological polar surface area (TPSA) is 134 Å². The minimum Gasteiger partial charge on any atom is -0.480 e. The van der Waals surface area contributed by atoms with E-state index in [0.29, 0.717) is 53.7 Å².